The SMILES string of the molecule is COc1ccc(Cn2c(SCC(=O)Nc3ccc(F)cc3F)nc3ccccc3c2=O)cc1. The van der Waals surface area contributed by atoms with E-state index in [0.717, 1.165) is 29.5 Å². The number of ether oxygens (including phenoxy) is 1. The molecule has 0 aliphatic heterocycles. The lowest BCUT2D eigenvalue weighted by Gasteiger charge is -2.14. The zero-order chi connectivity index (χ0) is 23.4. The number of halogens is 2. The highest BCUT2D eigenvalue weighted by Crippen LogP contribution is 2.21. The summed E-state index contributed by atoms with van der Waals surface area (Å²) in [5.41, 5.74) is 1.02. The van der Waals surface area contributed by atoms with Crippen molar-refractivity contribution in [1.29, 1.82) is 0 Å². The summed E-state index contributed by atoms with van der Waals surface area (Å²) in [6.45, 7) is 0.247. The van der Waals surface area contributed by atoms with Crippen molar-refractivity contribution < 1.29 is 18.3 Å². The van der Waals surface area contributed by atoms with Crippen LogP contribution in [0, 0.1) is 11.6 Å². The maximum atomic E-state index is 13.8. The Balaban J connectivity index is 1.60. The van der Waals surface area contributed by atoms with E-state index in [-0.39, 0.29) is 23.5 Å². The van der Waals surface area contributed by atoms with Gasteiger partial charge in [-0.2, -0.15) is 0 Å². The highest BCUT2D eigenvalue weighted by Gasteiger charge is 2.15. The highest BCUT2D eigenvalue weighted by molar-refractivity contribution is 7.99. The molecule has 0 aliphatic carbocycles. The maximum Gasteiger partial charge on any atom is 0.262 e. The second kappa shape index (κ2) is 9.83. The van der Waals surface area contributed by atoms with Gasteiger partial charge in [0.15, 0.2) is 5.16 Å². The molecule has 0 aliphatic rings. The van der Waals surface area contributed by atoms with Crippen molar-refractivity contribution in [3.8, 4) is 5.75 Å². The summed E-state index contributed by atoms with van der Waals surface area (Å²) in [4.78, 5) is 30.2. The van der Waals surface area contributed by atoms with Crippen molar-refractivity contribution in [1.82, 2.24) is 9.55 Å². The number of nitrogens with one attached hydrogen (secondary N) is 1. The van der Waals surface area contributed by atoms with Crippen LogP contribution in [0.1, 0.15) is 5.56 Å². The number of methoxy groups -OCH3 is 1. The Labute approximate surface area is 192 Å². The summed E-state index contributed by atoms with van der Waals surface area (Å²) in [6.07, 6.45) is 0. The van der Waals surface area contributed by atoms with E-state index in [1.807, 2.05) is 12.1 Å². The van der Waals surface area contributed by atoms with Crippen LogP contribution in [-0.4, -0.2) is 28.3 Å². The summed E-state index contributed by atoms with van der Waals surface area (Å²) < 4.78 is 33.6. The minimum atomic E-state index is -0.867. The van der Waals surface area contributed by atoms with Crippen molar-refractivity contribution in [2.24, 2.45) is 0 Å². The van der Waals surface area contributed by atoms with E-state index in [4.69, 9.17) is 4.74 Å². The smallest absolute Gasteiger partial charge is 0.262 e. The zero-order valence-corrected chi connectivity index (χ0v) is 18.4. The van der Waals surface area contributed by atoms with Gasteiger partial charge in [-0.3, -0.25) is 14.2 Å². The lowest BCUT2D eigenvalue weighted by Crippen LogP contribution is -2.25. The van der Waals surface area contributed by atoms with Gasteiger partial charge in [0.25, 0.3) is 5.56 Å². The van der Waals surface area contributed by atoms with Crippen LogP contribution >= 0.6 is 11.8 Å². The first-order valence-electron chi connectivity index (χ1n) is 9.95. The lowest BCUT2D eigenvalue weighted by molar-refractivity contribution is -0.113. The number of amides is 1. The molecular weight excluding hydrogens is 448 g/mol. The second-order valence-electron chi connectivity index (χ2n) is 7.11. The van der Waals surface area contributed by atoms with E-state index in [0.29, 0.717) is 27.9 Å². The van der Waals surface area contributed by atoms with Crippen molar-refractivity contribution in [3.05, 3.63) is 94.3 Å². The minimum absolute atomic E-state index is 0.121. The molecular formula is C24H19F2N3O3S. The van der Waals surface area contributed by atoms with Crippen molar-refractivity contribution in [2.75, 3.05) is 18.2 Å². The number of benzene rings is 3. The standard InChI is InChI=1S/C24H19F2N3O3S/c1-32-17-9-6-15(7-10-17)13-29-23(31)18-4-2-3-5-20(18)28-24(29)33-14-22(30)27-21-11-8-16(25)12-19(21)26/h2-12H,13-14H2,1H3,(H,27,30). The molecule has 0 saturated heterocycles. The van der Waals surface area contributed by atoms with E-state index in [1.54, 1.807) is 43.5 Å². The van der Waals surface area contributed by atoms with Crippen LogP contribution in [0.4, 0.5) is 14.5 Å². The van der Waals surface area contributed by atoms with Crippen molar-refractivity contribution in [3.63, 3.8) is 0 Å². The molecule has 1 aromatic heterocycles. The molecule has 0 unspecified atom stereocenters. The van der Waals surface area contributed by atoms with E-state index < -0.39 is 17.5 Å². The maximum absolute atomic E-state index is 13.8. The molecule has 4 rings (SSSR count). The van der Waals surface area contributed by atoms with Crippen LogP contribution < -0.4 is 15.6 Å². The molecule has 0 radical (unpaired) electrons. The number of hydrogen-bond donors (Lipinski definition) is 1. The number of aromatic nitrogens is 2. The first-order valence-corrected chi connectivity index (χ1v) is 10.9. The van der Waals surface area contributed by atoms with Gasteiger partial charge in [0.05, 0.1) is 36.0 Å². The monoisotopic (exact) mass is 467 g/mol. The zero-order valence-electron chi connectivity index (χ0n) is 17.5. The third-order valence-electron chi connectivity index (χ3n) is 4.86. The molecule has 1 heterocycles. The third kappa shape index (κ3) is 5.20. The molecule has 1 N–H and O–H groups in total. The van der Waals surface area contributed by atoms with Crippen LogP contribution in [0.3, 0.4) is 0 Å². The second-order valence-corrected chi connectivity index (χ2v) is 8.05. The summed E-state index contributed by atoms with van der Waals surface area (Å²) in [5.74, 6) is -1.54. The molecule has 0 saturated carbocycles. The number of anilines is 1. The highest BCUT2D eigenvalue weighted by atomic mass is 32.2. The summed E-state index contributed by atoms with van der Waals surface area (Å²) in [7, 11) is 1.57. The molecule has 0 spiro atoms. The average molecular weight is 467 g/mol. The number of para-hydroxylation sites is 1. The molecule has 6 nitrogen and oxygen atoms in total. The number of fused-ring (bicyclic) bond motifs is 1. The van der Waals surface area contributed by atoms with Crippen molar-refractivity contribution >= 4 is 34.3 Å². The van der Waals surface area contributed by atoms with Gasteiger partial charge in [-0.1, -0.05) is 36.0 Å². The average Bonchev–Trinajstić information content (AvgIpc) is 2.82. The van der Waals surface area contributed by atoms with Gasteiger partial charge >= 0.3 is 0 Å². The Morgan fingerprint density at radius 2 is 1.85 bits per heavy atom. The lowest BCUT2D eigenvalue weighted by atomic mass is 10.2. The van der Waals surface area contributed by atoms with Crippen LogP contribution in [-0.2, 0) is 11.3 Å². The van der Waals surface area contributed by atoms with Crippen LogP contribution in [0.15, 0.2) is 76.7 Å². The first kappa shape index (κ1) is 22.5. The fourth-order valence-corrected chi connectivity index (χ4v) is 4.02. The van der Waals surface area contributed by atoms with Crippen LogP contribution in [0.2, 0.25) is 0 Å². The molecule has 4 aromatic rings. The van der Waals surface area contributed by atoms with E-state index >= 15 is 0 Å². The predicted octanol–water partition coefficient (Wildman–Crippen LogP) is 4.46. The number of carbonyl (C=O) groups excluding carboxylic acids is 1. The number of carbonyl (C=O) groups is 1. The summed E-state index contributed by atoms with van der Waals surface area (Å²) >= 11 is 1.06. The number of hydrogen-bond acceptors (Lipinski definition) is 5. The predicted molar refractivity (Wildman–Crippen MR) is 124 cm³/mol. The molecule has 0 atom stereocenters. The Hall–Kier alpha value is -3.72. The third-order valence-corrected chi connectivity index (χ3v) is 5.84. The Kier molecular flexibility index (Phi) is 6.69. The topological polar surface area (TPSA) is 73.2 Å². The molecule has 1 amide bonds. The number of nitrogens with zero attached hydrogens (tertiary/aromatic N) is 2. The van der Waals surface area contributed by atoms with Gasteiger partial charge in [-0.15, -0.1) is 0 Å². The van der Waals surface area contributed by atoms with Gasteiger partial charge in [-0.25, -0.2) is 13.8 Å². The number of thioether (sulfide) groups is 1. The van der Waals surface area contributed by atoms with E-state index in [1.165, 1.54) is 4.57 Å². The van der Waals surface area contributed by atoms with Gasteiger partial charge in [0.2, 0.25) is 5.91 Å². The molecule has 0 fully saturated rings. The quantitative estimate of drug-likeness (QED) is 0.321. The van der Waals surface area contributed by atoms with E-state index in [9.17, 15) is 18.4 Å². The van der Waals surface area contributed by atoms with Crippen molar-refractivity contribution in [2.45, 2.75) is 11.7 Å². The Bertz CT molecular complexity index is 1370. The first-order chi connectivity index (χ1) is 15.9. The summed E-state index contributed by atoms with van der Waals surface area (Å²) in [5, 5.41) is 3.23. The van der Waals surface area contributed by atoms with Gasteiger partial charge in [0.1, 0.15) is 17.4 Å². The molecule has 33 heavy (non-hydrogen) atoms. The van der Waals surface area contributed by atoms with Crippen LogP contribution in [0.5, 0.6) is 5.75 Å². The Morgan fingerprint density at radius 1 is 1.09 bits per heavy atom. The fourth-order valence-electron chi connectivity index (χ4n) is 3.22. The van der Waals surface area contributed by atoms with E-state index in [2.05, 4.69) is 10.3 Å². The Morgan fingerprint density at radius 3 is 2.58 bits per heavy atom. The summed E-state index contributed by atoms with van der Waals surface area (Å²) in [6, 6.07) is 17.2. The van der Waals surface area contributed by atoms with Gasteiger partial charge in [0, 0.05) is 6.07 Å². The normalized spacial score (nSPS) is 10.9. The van der Waals surface area contributed by atoms with Gasteiger partial charge in [-0.05, 0) is 42.0 Å². The molecule has 0 bridgehead atoms. The molecule has 3 aromatic carbocycles. The largest absolute Gasteiger partial charge is 0.497 e. The molecule has 168 valence electrons. The number of rotatable bonds is 7. The van der Waals surface area contributed by atoms with Crippen LogP contribution in [0.25, 0.3) is 10.9 Å². The minimum Gasteiger partial charge on any atom is -0.497 e. The fraction of sp³-hybridized carbons (Fsp3) is 0.125. The molecule has 9 heteroatoms. The van der Waals surface area contributed by atoms with Gasteiger partial charge < -0.3 is 10.1 Å².